The van der Waals surface area contributed by atoms with Crippen molar-refractivity contribution >= 4 is 0 Å². The molecule has 0 radical (unpaired) electrons. The van der Waals surface area contributed by atoms with E-state index in [1.54, 1.807) is 4.90 Å². The minimum Gasteiger partial charge on any atom is -0.376 e. The Morgan fingerprint density at radius 1 is 0.963 bits per heavy atom. The van der Waals surface area contributed by atoms with Gasteiger partial charge in [-0.3, -0.25) is 4.90 Å². The summed E-state index contributed by atoms with van der Waals surface area (Å²) in [6.45, 7) is 10.1. The fraction of sp³-hybridized carbons (Fsp3) is 1.00. The van der Waals surface area contributed by atoms with E-state index >= 15 is 0 Å². The van der Waals surface area contributed by atoms with Gasteiger partial charge in [-0.2, -0.15) is 13.2 Å². The third-order valence-corrected chi connectivity index (χ3v) is 6.14. The smallest absolute Gasteiger partial charge is 0.376 e. The van der Waals surface area contributed by atoms with Gasteiger partial charge in [0.1, 0.15) is 6.04 Å². The predicted octanol–water partition coefficient (Wildman–Crippen LogP) is 5.10. The van der Waals surface area contributed by atoms with Crippen molar-refractivity contribution in [1.29, 1.82) is 0 Å². The van der Waals surface area contributed by atoms with Gasteiger partial charge in [0.2, 0.25) is 0 Å². The molecule has 0 amide bonds. The van der Waals surface area contributed by atoms with Crippen LogP contribution < -0.4 is 0 Å². The highest BCUT2D eigenvalue weighted by Gasteiger charge is 2.46. The Kier molecular flexibility index (Phi) is 8.88. The topological polar surface area (TPSA) is 15.7 Å². The molecule has 2 rings (SSSR count). The molecule has 1 atom stereocenters. The molecule has 1 saturated heterocycles. The highest BCUT2D eigenvalue weighted by atomic mass is 19.4. The summed E-state index contributed by atoms with van der Waals surface area (Å²) >= 11 is 0. The number of unbranched alkanes of at least 4 members (excludes halogenated alkanes) is 1. The third kappa shape index (κ3) is 7.54. The average Bonchev–Trinajstić information content (AvgIpc) is 2.58. The summed E-state index contributed by atoms with van der Waals surface area (Å²) in [6.07, 6.45) is 4.74. The Hall–Kier alpha value is -0.330. The summed E-state index contributed by atoms with van der Waals surface area (Å²) in [7, 11) is 0. The van der Waals surface area contributed by atoms with Gasteiger partial charge in [-0.25, -0.2) is 0 Å². The zero-order valence-electron chi connectivity index (χ0n) is 17.6. The van der Waals surface area contributed by atoms with Crippen molar-refractivity contribution in [3.8, 4) is 0 Å². The van der Waals surface area contributed by atoms with Crippen LogP contribution in [-0.4, -0.2) is 66.4 Å². The van der Waals surface area contributed by atoms with Crippen LogP contribution in [0.1, 0.15) is 72.6 Å². The maximum atomic E-state index is 13.4. The quantitative estimate of drug-likeness (QED) is 0.535. The van der Waals surface area contributed by atoms with E-state index in [9.17, 15) is 13.2 Å². The molecule has 3 nitrogen and oxygen atoms in total. The highest BCUT2D eigenvalue weighted by Crippen LogP contribution is 2.31. The van der Waals surface area contributed by atoms with Gasteiger partial charge >= 0.3 is 6.18 Å². The van der Waals surface area contributed by atoms with Gasteiger partial charge in [0, 0.05) is 25.7 Å². The molecule has 0 unspecified atom stereocenters. The highest BCUT2D eigenvalue weighted by molar-refractivity contribution is 4.88. The molecule has 0 N–H and O–H groups in total. The van der Waals surface area contributed by atoms with Crippen LogP contribution in [0.15, 0.2) is 0 Å². The standard InChI is InChI=1S/C21H39F3N2O/c1-16(2)26-14-13-25(15-20(26)21(22,23)24)12-6-5-7-18-8-10-19(11-9-18)27-17(3)4/h16-20H,5-15H2,1-4H3/t18?,19?,20-/m1/s1. The molecule has 1 aliphatic heterocycles. The molecule has 0 bridgehead atoms. The fourth-order valence-electron chi connectivity index (χ4n) is 4.68. The number of piperazine rings is 1. The third-order valence-electron chi connectivity index (χ3n) is 6.14. The van der Waals surface area contributed by atoms with Gasteiger partial charge in [0.15, 0.2) is 0 Å². The monoisotopic (exact) mass is 392 g/mol. The van der Waals surface area contributed by atoms with Crippen molar-refractivity contribution in [2.75, 3.05) is 26.2 Å². The average molecular weight is 393 g/mol. The molecule has 0 aromatic rings. The Bertz CT molecular complexity index is 420. The Morgan fingerprint density at radius 3 is 2.19 bits per heavy atom. The summed E-state index contributed by atoms with van der Waals surface area (Å²) in [6, 6.07) is -1.38. The van der Waals surface area contributed by atoms with E-state index in [0.717, 1.165) is 44.7 Å². The van der Waals surface area contributed by atoms with Crippen LogP contribution in [0.25, 0.3) is 0 Å². The van der Waals surface area contributed by atoms with Crippen molar-refractivity contribution in [2.24, 2.45) is 5.92 Å². The lowest BCUT2D eigenvalue weighted by Crippen LogP contribution is -2.60. The fourth-order valence-corrected chi connectivity index (χ4v) is 4.68. The summed E-state index contributed by atoms with van der Waals surface area (Å²) in [4.78, 5) is 3.62. The number of alkyl halides is 3. The first-order valence-corrected chi connectivity index (χ1v) is 10.9. The minimum atomic E-state index is -4.14. The van der Waals surface area contributed by atoms with E-state index < -0.39 is 12.2 Å². The van der Waals surface area contributed by atoms with Gasteiger partial charge in [-0.05, 0) is 72.3 Å². The number of halogens is 3. The SMILES string of the molecule is CC(C)OC1CCC(CCCCN2CCN(C(C)C)[C@@H](C(F)(F)F)C2)CC1. The van der Waals surface area contributed by atoms with Crippen molar-refractivity contribution in [3.05, 3.63) is 0 Å². The molecule has 1 heterocycles. The number of hydrogen-bond donors (Lipinski definition) is 0. The van der Waals surface area contributed by atoms with Gasteiger partial charge < -0.3 is 9.64 Å². The van der Waals surface area contributed by atoms with E-state index in [0.29, 0.717) is 18.8 Å². The molecular formula is C21H39F3N2O. The first-order valence-electron chi connectivity index (χ1n) is 10.9. The molecule has 2 fully saturated rings. The van der Waals surface area contributed by atoms with Crippen molar-refractivity contribution < 1.29 is 17.9 Å². The van der Waals surface area contributed by atoms with E-state index in [2.05, 4.69) is 13.8 Å². The first kappa shape index (κ1) is 23.0. The second kappa shape index (κ2) is 10.4. The number of nitrogens with zero attached hydrogens (tertiary/aromatic N) is 2. The molecule has 1 aliphatic carbocycles. The summed E-state index contributed by atoms with van der Waals surface area (Å²) in [5.74, 6) is 0.776. The molecule has 2 aliphatic rings. The van der Waals surface area contributed by atoms with E-state index in [1.807, 2.05) is 18.7 Å². The van der Waals surface area contributed by atoms with E-state index in [4.69, 9.17) is 4.74 Å². The van der Waals surface area contributed by atoms with Gasteiger partial charge in [0.25, 0.3) is 0 Å². The number of hydrogen-bond acceptors (Lipinski definition) is 3. The maximum Gasteiger partial charge on any atom is 0.405 e. The lowest BCUT2D eigenvalue weighted by Gasteiger charge is -2.44. The van der Waals surface area contributed by atoms with Crippen LogP contribution in [-0.2, 0) is 4.74 Å². The molecule has 0 spiro atoms. The normalized spacial score (nSPS) is 29.0. The van der Waals surface area contributed by atoms with Crippen LogP contribution in [0.4, 0.5) is 13.2 Å². The van der Waals surface area contributed by atoms with Crippen LogP contribution in [0.5, 0.6) is 0 Å². The summed E-state index contributed by atoms with van der Waals surface area (Å²) in [5, 5.41) is 0. The first-order chi connectivity index (χ1) is 12.7. The second-order valence-electron chi connectivity index (χ2n) is 9.01. The molecule has 27 heavy (non-hydrogen) atoms. The molecular weight excluding hydrogens is 353 g/mol. The van der Waals surface area contributed by atoms with Gasteiger partial charge in [0.05, 0.1) is 12.2 Å². The van der Waals surface area contributed by atoms with E-state index in [-0.39, 0.29) is 12.6 Å². The van der Waals surface area contributed by atoms with E-state index in [1.165, 1.54) is 19.3 Å². The molecule has 0 aromatic carbocycles. The minimum absolute atomic E-state index is 0.0615. The molecule has 6 heteroatoms. The largest absolute Gasteiger partial charge is 0.405 e. The zero-order chi connectivity index (χ0) is 20.0. The number of ether oxygens (including phenoxy) is 1. The zero-order valence-corrected chi connectivity index (χ0v) is 17.6. The molecule has 160 valence electrons. The van der Waals surface area contributed by atoms with Crippen molar-refractivity contribution in [2.45, 2.75) is 103 Å². The van der Waals surface area contributed by atoms with Gasteiger partial charge in [-0.1, -0.05) is 12.8 Å². The van der Waals surface area contributed by atoms with Crippen LogP contribution in [0.2, 0.25) is 0 Å². The van der Waals surface area contributed by atoms with Crippen LogP contribution >= 0.6 is 0 Å². The predicted molar refractivity (Wildman–Crippen MR) is 104 cm³/mol. The number of rotatable bonds is 8. The van der Waals surface area contributed by atoms with Crippen molar-refractivity contribution in [1.82, 2.24) is 9.80 Å². The van der Waals surface area contributed by atoms with Crippen LogP contribution in [0, 0.1) is 5.92 Å². The molecule has 1 saturated carbocycles. The Labute approximate surface area is 163 Å². The second-order valence-corrected chi connectivity index (χ2v) is 9.01. The van der Waals surface area contributed by atoms with Gasteiger partial charge in [-0.15, -0.1) is 0 Å². The van der Waals surface area contributed by atoms with Crippen molar-refractivity contribution in [3.63, 3.8) is 0 Å². The van der Waals surface area contributed by atoms with Crippen LogP contribution in [0.3, 0.4) is 0 Å². The maximum absolute atomic E-state index is 13.4. The Balaban J connectivity index is 1.65. The summed E-state index contributed by atoms with van der Waals surface area (Å²) in [5.41, 5.74) is 0. The molecule has 0 aromatic heterocycles. The Morgan fingerprint density at radius 2 is 1.63 bits per heavy atom. The summed E-state index contributed by atoms with van der Waals surface area (Å²) < 4.78 is 46.1. The lowest BCUT2D eigenvalue weighted by atomic mass is 9.84. The lowest BCUT2D eigenvalue weighted by molar-refractivity contribution is -0.202.